The smallest absolute Gasteiger partial charge is 0.263 e. The van der Waals surface area contributed by atoms with Crippen LogP contribution >= 0.6 is 11.5 Å². The lowest BCUT2D eigenvalue weighted by molar-refractivity contribution is -0.0183. The standard InChI is InChI=1S/C8H11F2N3S/c9-8(10)3-1-2-7(8)11-4-6-5-14-13-12-6/h5,7,11H,1-4H2. The van der Waals surface area contributed by atoms with Crippen molar-refractivity contribution >= 4 is 11.5 Å². The van der Waals surface area contributed by atoms with E-state index < -0.39 is 12.0 Å². The maximum atomic E-state index is 13.1. The van der Waals surface area contributed by atoms with Crippen molar-refractivity contribution in [3.8, 4) is 0 Å². The maximum Gasteiger partial charge on any atom is 0.263 e. The Morgan fingerprint density at radius 1 is 1.64 bits per heavy atom. The molecule has 0 aliphatic heterocycles. The molecule has 1 N–H and O–H groups in total. The third-order valence-corrected chi connectivity index (χ3v) is 3.00. The molecule has 14 heavy (non-hydrogen) atoms. The number of rotatable bonds is 3. The van der Waals surface area contributed by atoms with E-state index in [4.69, 9.17) is 0 Å². The van der Waals surface area contributed by atoms with Crippen LogP contribution in [0.3, 0.4) is 0 Å². The molecule has 1 unspecified atom stereocenters. The first kappa shape index (κ1) is 9.92. The fourth-order valence-corrected chi connectivity index (χ4v) is 2.12. The van der Waals surface area contributed by atoms with Crippen LogP contribution in [0.1, 0.15) is 25.0 Å². The summed E-state index contributed by atoms with van der Waals surface area (Å²) < 4.78 is 30.0. The summed E-state index contributed by atoms with van der Waals surface area (Å²) in [7, 11) is 0. The molecule has 1 aromatic rings. The number of nitrogens with zero attached hydrogens (tertiary/aromatic N) is 2. The van der Waals surface area contributed by atoms with Gasteiger partial charge in [-0.05, 0) is 24.4 Å². The van der Waals surface area contributed by atoms with Crippen LogP contribution < -0.4 is 5.32 Å². The largest absolute Gasteiger partial charge is 0.303 e. The molecular formula is C8H11F2N3S. The molecule has 0 spiro atoms. The van der Waals surface area contributed by atoms with Crippen molar-refractivity contribution in [1.82, 2.24) is 14.9 Å². The molecule has 1 aromatic heterocycles. The maximum absolute atomic E-state index is 13.1. The van der Waals surface area contributed by atoms with Crippen LogP contribution in [0.2, 0.25) is 0 Å². The number of nitrogens with one attached hydrogen (secondary N) is 1. The van der Waals surface area contributed by atoms with Gasteiger partial charge in [0.25, 0.3) is 5.92 Å². The van der Waals surface area contributed by atoms with Crippen LogP contribution in [-0.4, -0.2) is 21.6 Å². The van der Waals surface area contributed by atoms with Crippen molar-refractivity contribution in [2.75, 3.05) is 0 Å². The first-order chi connectivity index (χ1) is 6.68. The van der Waals surface area contributed by atoms with E-state index in [0.29, 0.717) is 19.4 Å². The van der Waals surface area contributed by atoms with E-state index >= 15 is 0 Å². The molecule has 1 aliphatic rings. The van der Waals surface area contributed by atoms with Crippen LogP contribution in [0, 0.1) is 0 Å². The van der Waals surface area contributed by atoms with Crippen molar-refractivity contribution in [2.24, 2.45) is 0 Å². The van der Waals surface area contributed by atoms with Crippen molar-refractivity contribution in [1.29, 1.82) is 0 Å². The van der Waals surface area contributed by atoms with Gasteiger partial charge in [0.15, 0.2) is 0 Å². The third-order valence-electron chi connectivity index (χ3n) is 2.45. The lowest BCUT2D eigenvalue weighted by atomic mass is 10.2. The Balaban J connectivity index is 1.86. The molecule has 6 heteroatoms. The van der Waals surface area contributed by atoms with Crippen LogP contribution in [0.15, 0.2) is 5.38 Å². The zero-order valence-electron chi connectivity index (χ0n) is 7.54. The highest BCUT2D eigenvalue weighted by Crippen LogP contribution is 2.35. The molecule has 0 saturated heterocycles. The molecule has 0 aromatic carbocycles. The second-order valence-electron chi connectivity index (χ2n) is 3.48. The van der Waals surface area contributed by atoms with Gasteiger partial charge in [0, 0.05) is 18.3 Å². The van der Waals surface area contributed by atoms with Gasteiger partial charge < -0.3 is 5.32 Å². The van der Waals surface area contributed by atoms with E-state index in [9.17, 15) is 8.78 Å². The number of hydrogen-bond donors (Lipinski definition) is 1. The summed E-state index contributed by atoms with van der Waals surface area (Å²) in [6.07, 6.45) is 1.14. The Morgan fingerprint density at radius 2 is 2.50 bits per heavy atom. The van der Waals surface area contributed by atoms with Crippen molar-refractivity contribution < 1.29 is 8.78 Å². The predicted octanol–water partition coefficient (Wildman–Crippen LogP) is 1.82. The molecule has 1 fully saturated rings. The molecule has 0 radical (unpaired) electrons. The Hall–Kier alpha value is -0.620. The Labute approximate surface area is 84.7 Å². The molecule has 0 bridgehead atoms. The summed E-state index contributed by atoms with van der Waals surface area (Å²) in [5, 5.41) is 8.38. The van der Waals surface area contributed by atoms with Crippen molar-refractivity contribution in [2.45, 2.75) is 37.8 Å². The van der Waals surface area contributed by atoms with Crippen LogP contribution in [0.4, 0.5) is 8.78 Å². The molecular weight excluding hydrogens is 208 g/mol. The molecule has 1 saturated carbocycles. The van der Waals surface area contributed by atoms with Gasteiger partial charge in [0.2, 0.25) is 0 Å². The Bertz CT molecular complexity index is 289. The van der Waals surface area contributed by atoms with E-state index in [2.05, 4.69) is 14.9 Å². The van der Waals surface area contributed by atoms with Gasteiger partial charge >= 0.3 is 0 Å². The Kier molecular flexibility index (Phi) is 2.73. The quantitative estimate of drug-likeness (QED) is 0.842. The highest BCUT2D eigenvalue weighted by atomic mass is 32.1. The molecule has 1 aliphatic carbocycles. The van der Waals surface area contributed by atoms with Crippen molar-refractivity contribution in [3.05, 3.63) is 11.1 Å². The summed E-state index contributed by atoms with van der Waals surface area (Å²) in [6.45, 7) is 0.386. The number of hydrogen-bond acceptors (Lipinski definition) is 4. The Morgan fingerprint density at radius 3 is 3.07 bits per heavy atom. The minimum absolute atomic E-state index is 0.0000177. The van der Waals surface area contributed by atoms with Crippen LogP contribution in [0.5, 0.6) is 0 Å². The summed E-state index contributed by atoms with van der Waals surface area (Å²) >= 11 is 1.23. The van der Waals surface area contributed by atoms with Gasteiger partial charge in [-0.15, -0.1) is 5.10 Å². The minimum atomic E-state index is -2.55. The number of halogens is 2. The monoisotopic (exact) mass is 219 g/mol. The van der Waals surface area contributed by atoms with E-state index in [0.717, 1.165) is 5.69 Å². The lowest BCUT2D eigenvalue weighted by Crippen LogP contribution is -2.40. The number of alkyl halides is 2. The highest BCUT2D eigenvalue weighted by Gasteiger charge is 2.43. The second-order valence-corrected chi connectivity index (χ2v) is 4.09. The third kappa shape index (κ3) is 2.06. The molecule has 2 rings (SSSR count). The average Bonchev–Trinajstić information content (AvgIpc) is 2.71. The lowest BCUT2D eigenvalue weighted by Gasteiger charge is -2.19. The van der Waals surface area contributed by atoms with Gasteiger partial charge in [-0.3, -0.25) is 0 Å². The predicted molar refractivity (Wildman–Crippen MR) is 49.3 cm³/mol. The van der Waals surface area contributed by atoms with E-state index in [-0.39, 0.29) is 6.42 Å². The van der Waals surface area contributed by atoms with Crippen LogP contribution in [-0.2, 0) is 6.54 Å². The first-order valence-electron chi connectivity index (χ1n) is 4.55. The molecule has 3 nitrogen and oxygen atoms in total. The zero-order chi connectivity index (χ0) is 10.0. The van der Waals surface area contributed by atoms with Gasteiger partial charge in [-0.1, -0.05) is 4.49 Å². The molecule has 1 atom stereocenters. The minimum Gasteiger partial charge on any atom is -0.303 e. The van der Waals surface area contributed by atoms with Gasteiger partial charge in [-0.2, -0.15) is 0 Å². The zero-order valence-corrected chi connectivity index (χ0v) is 8.36. The van der Waals surface area contributed by atoms with Gasteiger partial charge in [0.05, 0.1) is 11.7 Å². The highest BCUT2D eigenvalue weighted by molar-refractivity contribution is 7.03. The molecule has 1 heterocycles. The fourth-order valence-electron chi connectivity index (χ4n) is 1.67. The van der Waals surface area contributed by atoms with E-state index in [1.54, 1.807) is 5.38 Å². The van der Waals surface area contributed by atoms with Crippen molar-refractivity contribution in [3.63, 3.8) is 0 Å². The fraction of sp³-hybridized carbons (Fsp3) is 0.750. The normalized spacial score (nSPS) is 25.4. The van der Waals surface area contributed by atoms with Crippen LogP contribution in [0.25, 0.3) is 0 Å². The second kappa shape index (κ2) is 3.86. The summed E-state index contributed by atoms with van der Waals surface area (Å²) in [4.78, 5) is 0. The molecule has 78 valence electrons. The number of aromatic nitrogens is 2. The summed E-state index contributed by atoms with van der Waals surface area (Å²) in [6, 6.07) is -0.691. The van der Waals surface area contributed by atoms with Gasteiger partial charge in [0.1, 0.15) is 0 Å². The SMILES string of the molecule is FC1(F)CCCC1NCc1csnn1. The average molecular weight is 219 g/mol. The topological polar surface area (TPSA) is 37.8 Å². The first-order valence-corrected chi connectivity index (χ1v) is 5.39. The van der Waals surface area contributed by atoms with Gasteiger partial charge in [-0.25, -0.2) is 8.78 Å². The summed E-state index contributed by atoms with van der Waals surface area (Å²) in [5.74, 6) is -2.55. The van der Waals surface area contributed by atoms with E-state index in [1.807, 2.05) is 0 Å². The summed E-state index contributed by atoms with van der Waals surface area (Å²) in [5.41, 5.74) is 0.734. The van der Waals surface area contributed by atoms with E-state index in [1.165, 1.54) is 11.5 Å². The molecule has 0 amide bonds.